The van der Waals surface area contributed by atoms with Crippen LogP contribution in [0.1, 0.15) is 96.8 Å². The number of ether oxygens (including phenoxy) is 1. The monoisotopic (exact) mass is 563 g/mol. The van der Waals surface area contributed by atoms with E-state index in [1.807, 2.05) is 0 Å². The second-order valence-electron chi connectivity index (χ2n) is 8.84. The summed E-state index contributed by atoms with van der Waals surface area (Å²) in [5.41, 5.74) is 5.23. The molecule has 0 aliphatic carbocycles. The van der Waals surface area contributed by atoms with E-state index in [-0.39, 0.29) is 6.61 Å². The van der Waals surface area contributed by atoms with Gasteiger partial charge in [-0.05, 0) is 6.42 Å². The van der Waals surface area contributed by atoms with Gasteiger partial charge >= 0.3 is 21.6 Å². The van der Waals surface area contributed by atoms with Crippen molar-refractivity contribution in [2.75, 3.05) is 26.4 Å². The summed E-state index contributed by atoms with van der Waals surface area (Å²) < 4.78 is 42.7. The normalized spacial score (nSPS) is 15.5. The molecule has 0 radical (unpaired) electrons. The largest absolute Gasteiger partial charge is 0.484 e. The third-order valence-corrected chi connectivity index (χ3v) is 8.04. The number of phosphoric ester groups is 1. The first kappa shape index (κ1) is 35.6. The molecule has 0 aromatic heterocycles. The third kappa shape index (κ3) is 21.7. The molecule has 0 aliphatic rings. The van der Waals surface area contributed by atoms with Crippen molar-refractivity contribution in [1.29, 1.82) is 0 Å². The first-order chi connectivity index (χ1) is 17.0. The molecule has 216 valence electrons. The van der Waals surface area contributed by atoms with Crippen LogP contribution in [-0.2, 0) is 32.0 Å². The second kappa shape index (κ2) is 21.5. The van der Waals surface area contributed by atoms with E-state index in [0.29, 0.717) is 6.61 Å². The number of hydrogen-bond acceptors (Lipinski definition) is 9. The Morgan fingerprint density at radius 1 is 0.833 bits per heavy atom. The molecule has 36 heavy (non-hydrogen) atoms. The summed E-state index contributed by atoms with van der Waals surface area (Å²) in [5, 5.41) is 18.2. The predicted molar refractivity (Wildman–Crippen MR) is 135 cm³/mol. The Balaban J connectivity index is 4.02. The third-order valence-electron chi connectivity index (χ3n) is 5.36. The van der Waals surface area contributed by atoms with Crippen molar-refractivity contribution in [3.63, 3.8) is 0 Å². The Morgan fingerprint density at radius 2 is 1.31 bits per heavy atom. The maximum atomic E-state index is 12.5. The molecule has 3 atom stereocenters. The van der Waals surface area contributed by atoms with E-state index in [4.69, 9.17) is 29.9 Å². The average molecular weight is 564 g/mol. The van der Waals surface area contributed by atoms with Crippen LogP contribution in [0.2, 0.25) is 0 Å². The summed E-state index contributed by atoms with van der Waals surface area (Å²) in [6.07, 6.45) is 15.8. The molecule has 0 aromatic rings. The van der Waals surface area contributed by atoms with Crippen molar-refractivity contribution >= 4 is 21.6 Å². The molecule has 12 nitrogen and oxygen atoms in total. The van der Waals surface area contributed by atoms with Crippen molar-refractivity contribution in [1.82, 2.24) is 0 Å². The number of carboxylic acids is 1. The van der Waals surface area contributed by atoms with Crippen LogP contribution in [0, 0.1) is 0 Å². The number of carbonyl (C=O) groups is 1. The van der Waals surface area contributed by atoms with Crippen molar-refractivity contribution < 1.29 is 52.0 Å². The van der Waals surface area contributed by atoms with Crippen LogP contribution in [0.4, 0.5) is 0 Å². The van der Waals surface area contributed by atoms with Gasteiger partial charge in [0.15, 0.2) is 0 Å². The van der Waals surface area contributed by atoms with E-state index in [1.165, 1.54) is 64.2 Å². The van der Waals surface area contributed by atoms with Gasteiger partial charge in [0.25, 0.3) is 0 Å². The molecule has 0 saturated heterocycles. The van der Waals surface area contributed by atoms with Gasteiger partial charge in [0.1, 0.15) is 12.1 Å². The number of hydrogen-bond donors (Lipinski definition) is 5. The molecular formula is C22H47NO11P2. The van der Waals surface area contributed by atoms with E-state index in [1.54, 1.807) is 0 Å². The van der Waals surface area contributed by atoms with E-state index in [2.05, 4.69) is 15.8 Å². The fourth-order valence-corrected chi connectivity index (χ4v) is 5.64. The number of carboxylic acid groups (broad SMARTS) is 1. The zero-order valence-corrected chi connectivity index (χ0v) is 23.3. The minimum absolute atomic E-state index is 0.238. The standard InChI is InChI=1S/C22H47NO11P2/c1-2-3-4-5-6-7-8-9-10-11-12-13-14-15-16-31-18-20(17-24)33-36(30,34-35(27,28)29)32-19-21(23)22(25)26/h20-21,24H,2-19,23H2,1H3,(H,25,26)(H2,27,28,29)/t20-,21-,36?/m0/s1. The number of aliphatic hydroxyl groups excluding tert-OH is 1. The zero-order valence-electron chi connectivity index (χ0n) is 21.5. The summed E-state index contributed by atoms with van der Waals surface area (Å²) in [5.74, 6) is -1.49. The van der Waals surface area contributed by atoms with Gasteiger partial charge in [-0.25, -0.2) is 9.13 Å². The minimum Gasteiger partial charge on any atom is -0.480 e. The molecule has 0 fully saturated rings. The Morgan fingerprint density at radius 3 is 1.72 bits per heavy atom. The Kier molecular flexibility index (Phi) is 21.3. The first-order valence-corrected chi connectivity index (χ1v) is 15.9. The van der Waals surface area contributed by atoms with E-state index in [0.717, 1.165) is 25.7 Å². The van der Waals surface area contributed by atoms with Gasteiger partial charge in [0.2, 0.25) is 0 Å². The van der Waals surface area contributed by atoms with Gasteiger partial charge in [-0.1, -0.05) is 90.4 Å². The summed E-state index contributed by atoms with van der Waals surface area (Å²) in [6, 6.07) is -1.63. The molecule has 0 bridgehead atoms. The van der Waals surface area contributed by atoms with Gasteiger partial charge in [-0.3, -0.25) is 13.8 Å². The summed E-state index contributed by atoms with van der Waals surface area (Å²) >= 11 is 0. The molecule has 1 unspecified atom stereocenters. The van der Waals surface area contributed by atoms with Crippen LogP contribution in [0.5, 0.6) is 0 Å². The smallest absolute Gasteiger partial charge is 0.480 e. The van der Waals surface area contributed by atoms with E-state index >= 15 is 0 Å². The van der Waals surface area contributed by atoms with Gasteiger partial charge in [-0.15, -0.1) is 0 Å². The van der Waals surface area contributed by atoms with Crippen LogP contribution in [0.3, 0.4) is 0 Å². The average Bonchev–Trinajstić information content (AvgIpc) is 2.80. The van der Waals surface area contributed by atoms with Crippen LogP contribution in [0.15, 0.2) is 0 Å². The van der Waals surface area contributed by atoms with Crippen molar-refractivity contribution in [3.8, 4) is 0 Å². The Labute approximate surface area is 215 Å². The van der Waals surface area contributed by atoms with Crippen LogP contribution in [-0.4, -0.2) is 64.5 Å². The van der Waals surface area contributed by atoms with Crippen molar-refractivity contribution in [2.24, 2.45) is 5.73 Å². The highest BCUT2D eigenvalue weighted by Gasteiger charge is 2.39. The number of unbranched alkanes of at least 4 members (excludes halogenated alkanes) is 13. The summed E-state index contributed by atoms with van der Waals surface area (Å²) in [4.78, 5) is 28.7. The molecule has 0 amide bonds. The molecule has 0 rings (SSSR count). The van der Waals surface area contributed by atoms with Crippen LogP contribution >= 0.6 is 15.6 Å². The summed E-state index contributed by atoms with van der Waals surface area (Å²) in [7, 11) is -10.3. The second-order valence-corrected chi connectivity index (χ2v) is 11.8. The molecule has 0 aliphatic heterocycles. The van der Waals surface area contributed by atoms with E-state index < -0.39 is 47.0 Å². The van der Waals surface area contributed by atoms with Crippen molar-refractivity contribution in [3.05, 3.63) is 0 Å². The molecule has 0 spiro atoms. The zero-order chi connectivity index (χ0) is 27.3. The molecule has 0 saturated carbocycles. The molecule has 0 heterocycles. The van der Waals surface area contributed by atoms with Gasteiger partial charge < -0.3 is 30.5 Å². The van der Waals surface area contributed by atoms with Gasteiger partial charge in [0, 0.05) is 6.61 Å². The van der Waals surface area contributed by atoms with Crippen LogP contribution < -0.4 is 5.73 Å². The van der Waals surface area contributed by atoms with Crippen molar-refractivity contribution in [2.45, 2.75) is 109 Å². The maximum Gasteiger partial charge on any atom is 0.484 e. The van der Waals surface area contributed by atoms with Gasteiger partial charge in [-0.2, -0.15) is 4.31 Å². The lowest BCUT2D eigenvalue weighted by atomic mass is 10.0. The number of rotatable bonds is 26. The first-order valence-electron chi connectivity index (χ1n) is 12.9. The highest BCUT2D eigenvalue weighted by Crippen LogP contribution is 2.61. The van der Waals surface area contributed by atoms with Crippen LogP contribution in [0.25, 0.3) is 0 Å². The molecular weight excluding hydrogens is 516 g/mol. The number of aliphatic carboxylic acids is 1. The predicted octanol–water partition coefficient (Wildman–Crippen LogP) is 4.51. The highest BCUT2D eigenvalue weighted by atomic mass is 31.3. The fourth-order valence-electron chi connectivity index (χ4n) is 3.36. The lowest BCUT2D eigenvalue weighted by Gasteiger charge is -2.23. The Bertz CT molecular complexity index is 647. The van der Waals surface area contributed by atoms with E-state index in [9.17, 15) is 19.0 Å². The number of phosphoric acid groups is 2. The Hall–Kier alpha value is -0.390. The van der Waals surface area contributed by atoms with Gasteiger partial charge in [0.05, 0.1) is 19.8 Å². The maximum absolute atomic E-state index is 12.5. The fraction of sp³-hybridized carbons (Fsp3) is 0.955. The lowest BCUT2D eigenvalue weighted by molar-refractivity contribution is -0.139. The number of nitrogens with two attached hydrogens (primary N) is 1. The topological polar surface area (TPSA) is 195 Å². The molecule has 6 N–H and O–H groups in total. The quantitative estimate of drug-likeness (QED) is 0.0731. The molecule has 14 heteroatoms. The SMILES string of the molecule is CCCCCCCCCCCCCCCCOC[C@H](CO)OP(=O)(OC[C@H](N)C(=O)O)OP(=O)(O)O. The summed E-state index contributed by atoms with van der Waals surface area (Å²) in [6.45, 7) is 0.741. The molecule has 0 aromatic carbocycles. The highest BCUT2D eigenvalue weighted by molar-refractivity contribution is 7.61. The minimum atomic E-state index is -5.33. The lowest BCUT2D eigenvalue weighted by Crippen LogP contribution is -2.35. The number of aliphatic hydroxyl groups is 1.